The van der Waals surface area contributed by atoms with Crippen molar-refractivity contribution in [2.24, 2.45) is 0 Å². The Morgan fingerprint density at radius 2 is 1.94 bits per heavy atom. The van der Waals surface area contributed by atoms with Gasteiger partial charge in [0.15, 0.2) is 0 Å². The van der Waals surface area contributed by atoms with Gasteiger partial charge in [0.05, 0.1) is 18.9 Å². The lowest BCUT2D eigenvalue weighted by Crippen LogP contribution is -2.37. The minimum absolute atomic E-state index is 0.518. The van der Waals surface area contributed by atoms with E-state index in [-0.39, 0.29) is 0 Å². The summed E-state index contributed by atoms with van der Waals surface area (Å²) in [5.41, 5.74) is 3.53. The predicted molar refractivity (Wildman–Crippen MR) is 137 cm³/mol. The van der Waals surface area contributed by atoms with Gasteiger partial charge in [0.25, 0.3) is 0 Å². The van der Waals surface area contributed by atoms with Crippen molar-refractivity contribution < 1.29 is 13.2 Å². The van der Waals surface area contributed by atoms with Crippen LogP contribution in [0, 0.1) is 6.92 Å². The fourth-order valence-corrected chi connectivity index (χ4v) is 6.64. The van der Waals surface area contributed by atoms with Gasteiger partial charge in [-0.15, -0.1) is 11.3 Å². The highest BCUT2D eigenvalue weighted by atomic mass is 35.5. The molecule has 2 aromatic heterocycles. The van der Waals surface area contributed by atoms with Gasteiger partial charge in [0, 0.05) is 46.5 Å². The van der Waals surface area contributed by atoms with Crippen LogP contribution in [0.4, 0.5) is 10.7 Å². The van der Waals surface area contributed by atoms with Gasteiger partial charge in [-0.2, -0.15) is 8.42 Å². The number of aromatic amines is 1. The molecule has 0 amide bonds. The maximum Gasteiger partial charge on any atom is 0.322 e. The molecule has 0 spiro atoms. The van der Waals surface area contributed by atoms with Crippen LogP contribution in [0.3, 0.4) is 0 Å². The highest BCUT2D eigenvalue weighted by molar-refractivity contribution is 7.94. The number of nitrogens with one attached hydrogen (secondary N) is 3. The zero-order valence-corrected chi connectivity index (χ0v) is 20.5. The number of aryl methyl sites for hydroxylation is 1. The van der Waals surface area contributed by atoms with Gasteiger partial charge in [0.1, 0.15) is 5.00 Å². The highest BCUT2D eigenvalue weighted by Crippen LogP contribution is 2.37. The summed E-state index contributed by atoms with van der Waals surface area (Å²) in [6.07, 6.45) is 2.89. The van der Waals surface area contributed by atoms with Crippen LogP contribution < -0.4 is 9.44 Å². The van der Waals surface area contributed by atoms with Crippen molar-refractivity contribution in [2.45, 2.75) is 13.3 Å². The molecule has 0 bridgehead atoms. The quantitative estimate of drug-likeness (QED) is 0.331. The lowest BCUT2D eigenvalue weighted by atomic mass is 10.1. The molecule has 1 aliphatic rings. The molecule has 2 aromatic carbocycles. The summed E-state index contributed by atoms with van der Waals surface area (Å²) < 4.78 is 37.5. The number of ether oxygens (including phenoxy) is 1. The van der Waals surface area contributed by atoms with Gasteiger partial charge in [-0.3, -0.25) is 14.3 Å². The average Bonchev–Trinajstić information content (AvgIpc) is 3.33. The first-order chi connectivity index (χ1) is 15.9. The Kier molecular flexibility index (Phi) is 6.24. The van der Waals surface area contributed by atoms with Crippen molar-refractivity contribution in [3.05, 3.63) is 58.7 Å². The first kappa shape index (κ1) is 22.5. The molecule has 0 saturated carbocycles. The van der Waals surface area contributed by atoms with Crippen LogP contribution in [0.15, 0.2) is 42.6 Å². The van der Waals surface area contributed by atoms with Crippen LogP contribution >= 0.6 is 22.9 Å². The van der Waals surface area contributed by atoms with E-state index in [4.69, 9.17) is 16.3 Å². The first-order valence-electron chi connectivity index (χ1n) is 10.8. The third-order valence-electron chi connectivity index (χ3n) is 5.95. The normalized spacial score (nSPS) is 15.3. The van der Waals surface area contributed by atoms with E-state index in [0.717, 1.165) is 65.8 Å². The molecule has 0 radical (unpaired) electrons. The molecule has 0 unspecified atom stereocenters. The minimum Gasteiger partial charge on any atom is -0.379 e. The summed E-state index contributed by atoms with van der Waals surface area (Å²) in [6.45, 7) is 6.28. The van der Waals surface area contributed by atoms with Gasteiger partial charge < -0.3 is 9.72 Å². The number of halogens is 1. The molecule has 3 N–H and O–H groups in total. The molecule has 3 heterocycles. The molecule has 174 valence electrons. The molecule has 33 heavy (non-hydrogen) atoms. The fraction of sp³-hybridized carbons (Fsp3) is 0.304. The number of morpholine rings is 1. The Morgan fingerprint density at radius 3 is 2.76 bits per heavy atom. The van der Waals surface area contributed by atoms with Crippen LogP contribution in [0.2, 0.25) is 5.02 Å². The van der Waals surface area contributed by atoms with Crippen molar-refractivity contribution in [1.82, 2.24) is 9.88 Å². The number of aromatic nitrogens is 1. The number of rotatable bonds is 7. The molecule has 4 aromatic rings. The Labute approximate surface area is 201 Å². The Morgan fingerprint density at radius 1 is 1.12 bits per heavy atom. The Bertz CT molecular complexity index is 1410. The largest absolute Gasteiger partial charge is 0.379 e. The fourth-order valence-electron chi connectivity index (χ4n) is 4.15. The molecular weight excluding hydrogens is 480 g/mol. The number of benzene rings is 2. The molecule has 1 aliphatic heterocycles. The number of hydrogen-bond donors (Lipinski definition) is 3. The summed E-state index contributed by atoms with van der Waals surface area (Å²) in [5, 5.41) is 3.17. The van der Waals surface area contributed by atoms with Crippen molar-refractivity contribution in [1.29, 1.82) is 0 Å². The standard InChI is InChI=1S/C23H25ClN4O3S2/c1-15-19-12-17(24)2-5-22(19)32-23(15)27-33(29,30)26-18-3-4-21-20(13-18)16(14-25-21)6-7-28-8-10-31-11-9-28/h2-5,12-14,25-27H,6-11H2,1H3. The van der Waals surface area contributed by atoms with Crippen LogP contribution in [0.1, 0.15) is 11.1 Å². The number of nitrogens with zero attached hydrogens (tertiary/aromatic N) is 1. The van der Waals surface area contributed by atoms with Gasteiger partial charge in [0.2, 0.25) is 0 Å². The lowest BCUT2D eigenvalue weighted by Gasteiger charge is -2.26. The van der Waals surface area contributed by atoms with Crippen LogP contribution in [0.5, 0.6) is 0 Å². The number of hydrogen-bond acceptors (Lipinski definition) is 5. The van der Waals surface area contributed by atoms with E-state index in [1.54, 1.807) is 12.1 Å². The second-order valence-electron chi connectivity index (χ2n) is 8.18. The van der Waals surface area contributed by atoms with Crippen LogP contribution in [-0.2, 0) is 21.4 Å². The van der Waals surface area contributed by atoms with Gasteiger partial charge in [-0.05, 0) is 66.3 Å². The average molecular weight is 505 g/mol. The smallest absolute Gasteiger partial charge is 0.322 e. The Balaban J connectivity index is 1.33. The topological polar surface area (TPSA) is 86.5 Å². The molecule has 7 nitrogen and oxygen atoms in total. The van der Waals surface area contributed by atoms with Crippen molar-refractivity contribution >= 4 is 64.8 Å². The molecular formula is C23H25ClN4O3S2. The van der Waals surface area contributed by atoms with Gasteiger partial charge in [-0.25, -0.2) is 0 Å². The van der Waals surface area contributed by atoms with E-state index < -0.39 is 10.2 Å². The second-order valence-corrected chi connectivity index (χ2v) is 11.1. The minimum atomic E-state index is -3.82. The SMILES string of the molecule is Cc1c(NS(=O)(=O)Nc2ccc3[nH]cc(CCN4CCOCC4)c3c2)sc2ccc(Cl)cc12. The monoisotopic (exact) mass is 504 g/mol. The summed E-state index contributed by atoms with van der Waals surface area (Å²) in [6, 6.07) is 11.1. The molecule has 10 heteroatoms. The number of thiophene rings is 1. The summed E-state index contributed by atoms with van der Waals surface area (Å²) in [5.74, 6) is 0. The summed E-state index contributed by atoms with van der Waals surface area (Å²) in [7, 11) is -3.82. The summed E-state index contributed by atoms with van der Waals surface area (Å²) >= 11 is 7.49. The molecule has 5 rings (SSSR count). The predicted octanol–water partition coefficient (Wildman–Crippen LogP) is 4.99. The van der Waals surface area contributed by atoms with E-state index in [2.05, 4.69) is 19.3 Å². The zero-order chi connectivity index (χ0) is 23.0. The lowest BCUT2D eigenvalue weighted by molar-refractivity contribution is 0.0385. The molecule has 1 saturated heterocycles. The van der Waals surface area contributed by atoms with E-state index in [9.17, 15) is 8.42 Å². The van der Waals surface area contributed by atoms with E-state index in [1.165, 1.54) is 16.9 Å². The maximum atomic E-state index is 12.9. The summed E-state index contributed by atoms with van der Waals surface area (Å²) in [4.78, 5) is 5.68. The first-order valence-corrected chi connectivity index (χ1v) is 13.4. The third-order valence-corrected chi connectivity index (χ3v) is 8.48. The van der Waals surface area contributed by atoms with E-state index >= 15 is 0 Å². The van der Waals surface area contributed by atoms with Crippen LogP contribution in [0.25, 0.3) is 21.0 Å². The highest BCUT2D eigenvalue weighted by Gasteiger charge is 2.17. The van der Waals surface area contributed by atoms with Crippen molar-refractivity contribution in [3.8, 4) is 0 Å². The molecule has 0 aliphatic carbocycles. The van der Waals surface area contributed by atoms with Crippen LogP contribution in [-0.4, -0.2) is 51.1 Å². The van der Waals surface area contributed by atoms with Crippen molar-refractivity contribution in [3.63, 3.8) is 0 Å². The number of anilines is 2. The molecule has 1 fully saturated rings. The Hall–Kier alpha value is -2.30. The van der Waals surface area contributed by atoms with Gasteiger partial charge in [-0.1, -0.05) is 11.6 Å². The number of fused-ring (bicyclic) bond motifs is 2. The van der Waals surface area contributed by atoms with E-state index in [1.807, 2.05) is 37.4 Å². The maximum absolute atomic E-state index is 12.9. The van der Waals surface area contributed by atoms with E-state index in [0.29, 0.717) is 15.7 Å². The number of H-pyrrole nitrogens is 1. The molecule has 0 atom stereocenters. The third kappa shape index (κ3) is 4.97. The zero-order valence-electron chi connectivity index (χ0n) is 18.2. The van der Waals surface area contributed by atoms with Gasteiger partial charge >= 0.3 is 10.2 Å². The van der Waals surface area contributed by atoms with Crippen molar-refractivity contribution in [2.75, 3.05) is 42.3 Å². The second kappa shape index (κ2) is 9.15.